The summed E-state index contributed by atoms with van der Waals surface area (Å²) in [6.07, 6.45) is 24.6. The molecule has 3 heterocycles. The van der Waals surface area contributed by atoms with Crippen molar-refractivity contribution in [3.8, 4) is 5.75 Å². The zero-order chi connectivity index (χ0) is 44.3. The molecule has 1 amide bonds. The monoisotopic (exact) mass is 844 g/mol. The number of aryl methyl sites for hydroxylation is 2. The van der Waals surface area contributed by atoms with E-state index in [0.717, 1.165) is 30.1 Å². The first-order valence-corrected chi connectivity index (χ1v) is 22.6. The number of aromatic hydroxyl groups is 1. The molecule has 8 rings (SSSR count). The molecule has 10 heteroatoms. The number of nitrogens with one attached hydrogen (secondary N) is 1. The SMILES string of the molecule is C1=CCCC=C1.C=C(NC)C(CCC=O)N(C)C(=O)c1cc2c(cc1C=O)CN(CC=O)C2.CN1CCC2(CC1)CCN(c1ccccc1)CC2.Oc1ccc2c(c1)CCCC2. The Balaban J connectivity index is 0.000000176. The minimum Gasteiger partial charge on any atom is -0.508 e. The number of allylic oxidation sites excluding steroid dienone is 4. The average molecular weight is 844 g/mol. The number of nitrogens with zero attached hydrogens (tertiary/aromatic N) is 4. The van der Waals surface area contributed by atoms with Crippen molar-refractivity contribution in [3.05, 3.63) is 131 Å². The van der Waals surface area contributed by atoms with E-state index in [9.17, 15) is 24.3 Å². The van der Waals surface area contributed by atoms with E-state index in [1.54, 1.807) is 32.3 Å². The third-order valence-electron chi connectivity index (χ3n) is 13.1. The third kappa shape index (κ3) is 13.6. The topological polar surface area (TPSA) is 113 Å². The van der Waals surface area contributed by atoms with Gasteiger partial charge in [-0.3, -0.25) is 14.5 Å². The number of hydrogen-bond donors (Lipinski definition) is 2. The average Bonchev–Trinajstić information content (AvgIpc) is 3.72. The van der Waals surface area contributed by atoms with E-state index >= 15 is 0 Å². The van der Waals surface area contributed by atoms with Crippen LogP contribution in [0, 0.1) is 5.41 Å². The zero-order valence-corrected chi connectivity index (χ0v) is 37.4. The van der Waals surface area contributed by atoms with E-state index in [1.165, 1.54) is 106 Å². The lowest BCUT2D eigenvalue weighted by atomic mass is 9.71. The van der Waals surface area contributed by atoms with Gasteiger partial charge in [0.15, 0.2) is 6.29 Å². The molecule has 62 heavy (non-hydrogen) atoms. The molecule has 0 radical (unpaired) electrons. The third-order valence-corrected chi connectivity index (χ3v) is 13.1. The van der Waals surface area contributed by atoms with Gasteiger partial charge in [0.25, 0.3) is 5.91 Å². The number of likely N-dealkylation sites (tertiary alicyclic amines) is 1. The van der Waals surface area contributed by atoms with Crippen molar-refractivity contribution in [2.45, 2.75) is 96.2 Å². The van der Waals surface area contributed by atoms with Crippen LogP contribution in [0.5, 0.6) is 5.75 Å². The van der Waals surface area contributed by atoms with Gasteiger partial charge in [-0.2, -0.15) is 0 Å². The standard InChI is InChI=1S/C20H25N3O4.C16H24N2.C10H12O.C6H8/c1-14(21-2)19(5-4-7-24)22(3)20(27)18-10-16-12-23(6-8-25)11-15(16)9-17(18)13-26;1-17-11-7-16(8-12-17)9-13-18(14-10-16)15-5-3-2-4-6-15;11-10-6-5-8-3-1-2-4-9(8)7-10;1-2-4-6-5-3-1/h7-10,13,19,21H,1,4-6,11-12H2,2-3H3;2-6H,7-14H2,1H3;5-7,11H,1-4H2;1-4H,5-6H2. The van der Waals surface area contributed by atoms with Gasteiger partial charge in [0.05, 0.1) is 18.2 Å². The van der Waals surface area contributed by atoms with Gasteiger partial charge in [-0.25, -0.2) is 0 Å². The summed E-state index contributed by atoms with van der Waals surface area (Å²) >= 11 is 0. The summed E-state index contributed by atoms with van der Waals surface area (Å²) in [5, 5.41) is 12.1. The van der Waals surface area contributed by atoms with Gasteiger partial charge in [-0.1, -0.05) is 55.1 Å². The quantitative estimate of drug-likeness (QED) is 0.184. The molecule has 3 aromatic rings. The largest absolute Gasteiger partial charge is 0.508 e. The van der Waals surface area contributed by atoms with E-state index in [4.69, 9.17) is 0 Å². The van der Waals surface area contributed by atoms with Crippen LogP contribution in [0.15, 0.2) is 97.2 Å². The van der Waals surface area contributed by atoms with Crippen LogP contribution < -0.4 is 10.2 Å². The Morgan fingerprint density at radius 2 is 1.47 bits per heavy atom. The van der Waals surface area contributed by atoms with Crippen LogP contribution >= 0.6 is 0 Å². The fourth-order valence-electron chi connectivity index (χ4n) is 9.12. The normalized spacial score (nSPS) is 17.9. The minimum atomic E-state index is -0.369. The summed E-state index contributed by atoms with van der Waals surface area (Å²) in [6, 6.07) is 19.7. The molecule has 2 saturated heterocycles. The van der Waals surface area contributed by atoms with Crippen LogP contribution in [0.4, 0.5) is 5.69 Å². The number of phenols is 1. The maximum Gasteiger partial charge on any atom is 0.254 e. The van der Waals surface area contributed by atoms with Gasteiger partial charge in [-0.05, 0) is 155 Å². The number of benzene rings is 3. The highest BCUT2D eigenvalue weighted by Gasteiger charge is 2.37. The van der Waals surface area contributed by atoms with Crippen molar-refractivity contribution in [3.63, 3.8) is 0 Å². The van der Waals surface area contributed by atoms with Crippen LogP contribution in [-0.4, -0.2) is 104 Å². The van der Waals surface area contributed by atoms with Crippen LogP contribution in [0.25, 0.3) is 0 Å². The van der Waals surface area contributed by atoms with Crippen molar-refractivity contribution in [2.24, 2.45) is 5.41 Å². The van der Waals surface area contributed by atoms with Crippen LogP contribution in [0.3, 0.4) is 0 Å². The van der Waals surface area contributed by atoms with E-state index in [2.05, 4.69) is 83.4 Å². The number of carbonyl (C=O) groups excluding carboxylic acids is 4. The predicted molar refractivity (Wildman–Crippen MR) is 251 cm³/mol. The molecular formula is C52H69N5O5. The Morgan fingerprint density at radius 1 is 0.839 bits per heavy atom. The van der Waals surface area contributed by atoms with Crippen LogP contribution in [-0.2, 0) is 35.5 Å². The van der Waals surface area contributed by atoms with E-state index in [0.29, 0.717) is 66.8 Å². The lowest BCUT2D eigenvalue weighted by Crippen LogP contribution is -2.46. The molecule has 0 saturated carbocycles. The zero-order valence-electron chi connectivity index (χ0n) is 37.4. The number of phenolic OH excluding ortho intramolecular Hbond substituents is 1. The first kappa shape index (κ1) is 47.7. The second-order valence-electron chi connectivity index (χ2n) is 17.3. The summed E-state index contributed by atoms with van der Waals surface area (Å²) in [6.45, 7) is 10.5. The molecule has 0 aromatic heterocycles. The van der Waals surface area contributed by atoms with E-state index < -0.39 is 0 Å². The molecule has 3 aliphatic heterocycles. The molecule has 332 valence electrons. The Morgan fingerprint density at radius 3 is 2.05 bits per heavy atom. The minimum absolute atomic E-state index is 0.300. The molecule has 0 bridgehead atoms. The van der Waals surface area contributed by atoms with Crippen LogP contribution in [0.1, 0.15) is 107 Å². The van der Waals surface area contributed by atoms with Gasteiger partial charge < -0.3 is 34.7 Å². The Kier molecular flexibility index (Phi) is 18.7. The van der Waals surface area contributed by atoms with Gasteiger partial charge in [0.1, 0.15) is 18.3 Å². The van der Waals surface area contributed by atoms with E-state index in [-0.39, 0.29) is 11.9 Å². The van der Waals surface area contributed by atoms with E-state index in [1.807, 2.05) is 17.0 Å². The van der Waals surface area contributed by atoms with Gasteiger partial charge >= 0.3 is 0 Å². The fourth-order valence-corrected chi connectivity index (χ4v) is 9.12. The Hall–Kier alpha value is -5.32. The molecule has 3 aromatic carbocycles. The first-order valence-electron chi connectivity index (χ1n) is 22.6. The number of piperidine rings is 2. The number of hydrogen-bond acceptors (Lipinski definition) is 9. The molecule has 1 unspecified atom stereocenters. The summed E-state index contributed by atoms with van der Waals surface area (Å²) in [7, 11) is 5.61. The number of para-hydroxylation sites is 1. The van der Waals surface area contributed by atoms with Gasteiger partial charge in [0.2, 0.25) is 0 Å². The summed E-state index contributed by atoms with van der Waals surface area (Å²) < 4.78 is 0. The highest BCUT2D eigenvalue weighted by Crippen LogP contribution is 2.41. The highest BCUT2D eigenvalue weighted by molar-refractivity contribution is 6.02. The highest BCUT2D eigenvalue weighted by atomic mass is 16.3. The lowest BCUT2D eigenvalue weighted by Gasteiger charge is -2.46. The predicted octanol–water partition coefficient (Wildman–Crippen LogP) is 8.33. The fraction of sp³-hybridized carbons (Fsp3) is 0.462. The smallest absolute Gasteiger partial charge is 0.254 e. The molecular weight excluding hydrogens is 775 g/mol. The van der Waals surface area contributed by atoms with Gasteiger partial charge in [-0.15, -0.1) is 0 Å². The second-order valence-corrected chi connectivity index (χ2v) is 17.3. The summed E-state index contributed by atoms with van der Waals surface area (Å²) in [5.41, 5.74) is 8.00. The Bertz CT molecular complexity index is 1980. The lowest BCUT2D eigenvalue weighted by molar-refractivity contribution is -0.109. The summed E-state index contributed by atoms with van der Waals surface area (Å²) in [4.78, 5) is 54.7. The molecule has 5 aliphatic rings. The number of carbonyl (C=O) groups is 4. The van der Waals surface area contributed by atoms with Crippen molar-refractivity contribution >= 4 is 30.5 Å². The molecule has 1 atom stereocenters. The number of fused-ring (bicyclic) bond motifs is 2. The van der Waals surface area contributed by atoms with Crippen molar-refractivity contribution in [1.29, 1.82) is 0 Å². The maximum absolute atomic E-state index is 13.1. The first-order chi connectivity index (χ1) is 30.1. The summed E-state index contributed by atoms with van der Waals surface area (Å²) in [5.74, 6) is 0.103. The van der Waals surface area contributed by atoms with Crippen molar-refractivity contribution < 1.29 is 24.3 Å². The Labute approximate surface area is 370 Å². The second kappa shape index (κ2) is 24.4. The molecule has 10 nitrogen and oxygen atoms in total. The number of anilines is 1. The number of amides is 1. The van der Waals surface area contributed by atoms with Crippen LogP contribution in [0.2, 0.25) is 0 Å². The van der Waals surface area contributed by atoms with Crippen molar-refractivity contribution in [1.82, 2.24) is 20.0 Å². The number of rotatable bonds is 11. The van der Waals surface area contributed by atoms with Crippen molar-refractivity contribution in [2.75, 3.05) is 58.8 Å². The van der Waals surface area contributed by atoms with Gasteiger partial charge in [0, 0.05) is 63.6 Å². The maximum atomic E-state index is 13.1. The number of aldehydes is 3. The molecule has 2 N–H and O–H groups in total. The molecule has 1 spiro atoms. The number of likely N-dealkylation sites (N-methyl/N-ethyl adjacent to an activating group) is 2. The molecule has 2 aliphatic carbocycles. The molecule has 2 fully saturated rings.